The summed E-state index contributed by atoms with van der Waals surface area (Å²) in [6, 6.07) is 66.7. The molecule has 0 saturated carbocycles. The lowest BCUT2D eigenvalue weighted by molar-refractivity contribution is 0.0596. The number of methoxy groups -OCH3 is 2. The zero-order chi connectivity index (χ0) is 76.3. The van der Waals surface area contributed by atoms with E-state index in [-0.39, 0.29) is 24.9 Å². The van der Waals surface area contributed by atoms with E-state index in [0.717, 1.165) is 99.3 Å². The van der Waals surface area contributed by atoms with Crippen molar-refractivity contribution in [2.45, 2.75) is 91.8 Å². The van der Waals surface area contributed by atoms with Gasteiger partial charge in [0.1, 0.15) is 61.1 Å². The summed E-state index contributed by atoms with van der Waals surface area (Å²) in [6.45, 7) is 13.7. The molecule has 0 unspecified atom stereocenters. The number of aryl methyl sites for hydroxylation is 6. The van der Waals surface area contributed by atoms with Crippen LogP contribution in [0.5, 0.6) is 23.0 Å². The average Bonchev–Trinajstić information content (AvgIpc) is 1.54. The van der Waals surface area contributed by atoms with E-state index in [2.05, 4.69) is 119 Å². The molecule has 0 aromatic heterocycles. The van der Waals surface area contributed by atoms with Gasteiger partial charge in [-0.05, 0) is 253 Å². The third-order valence-electron chi connectivity index (χ3n) is 15.7. The highest BCUT2D eigenvalue weighted by Gasteiger charge is 2.14. The molecule has 0 fully saturated rings. The van der Waals surface area contributed by atoms with Crippen molar-refractivity contribution in [1.82, 2.24) is 0 Å². The van der Waals surface area contributed by atoms with Crippen molar-refractivity contribution in [2.24, 2.45) is 11.5 Å². The zero-order valence-electron chi connectivity index (χ0n) is 59.0. The minimum atomic E-state index is -0.897. The summed E-state index contributed by atoms with van der Waals surface area (Å²) in [7, 11) is 2.59. The van der Waals surface area contributed by atoms with Crippen LogP contribution in [0.25, 0.3) is 0 Å². The fourth-order valence-electron chi connectivity index (χ4n) is 9.18. The number of nitrogens with two attached hydrogens (primary N) is 2. The largest absolute Gasteiger partial charge is 0.489 e. The molecule has 0 atom stereocenters. The number of ether oxygens (including phenoxy) is 6. The average molecular weight is 1600 g/mol. The van der Waals surface area contributed by atoms with Gasteiger partial charge < -0.3 is 55.2 Å². The van der Waals surface area contributed by atoms with Gasteiger partial charge in [0.05, 0.1) is 67.4 Å². The van der Waals surface area contributed by atoms with E-state index in [4.69, 9.17) is 67.1 Å². The minimum Gasteiger partial charge on any atom is -0.489 e. The van der Waals surface area contributed by atoms with Crippen molar-refractivity contribution in [2.75, 3.05) is 14.2 Å². The first-order valence-corrected chi connectivity index (χ1v) is 35.2. The number of esters is 2. The monoisotopic (exact) mass is 1590 g/mol. The Balaban J connectivity index is 0.000000236. The second kappa shape index (κ2) is 43.8. The van der Waals surface area contributed by atoms with Crippen LogP contribution in [0.4, 0.5) is 0 Å². The first kappa shape index (κ1) is 83.7. The van der Waals surface area contributed by atoms with Crippen LogP contribution in [0.1, 0.15) is 131 Å². The van der Waals surface area contributed by atoms with Crippen LogP contribution in [0.2, 0.25) is 0 Å². The third kappa shape index (κ3) is 27.8. The van der Waals surface area contributed by atoms with Crippen LogP contribution in [0, 0.1) is 75.0 Å². The second-order valence-corrected chi connectivity index (χ2v) is 25.2. The number of carboxylic acid groups (broad SMARTS) is 1. The van der Waals surface area contributed by atoms with E-state index in [1.54, 1.807) is 122 Å². The molecule has 10 aromatic rings. The number of nitrogen functional groups attached to an aromatic ring is 2. The molecular weight excluding hydrogens is 1510 g/mol. The molecule has 0 bridgehead atoms. The number of amidine groups is 2. The van der Waals surface area contributed by atoms with Crippen molar-refractivity contribution >= 4 is 77.4 Å². The highest BCUT2D eigenvalue weighted by Crippen LogP contribution is 2.24. The van der Waals surface area contributed by atoms with Crippen LogP contribution < -0.4 is 30.4 Å². The Morgan fingerprint density at radius 2 is 0.760 bits per heavy atom. The van der Waals surface area contributed by atoms with Gasteiger partial charge >= 0.3 is 17.9 Å². The number of aliphatic hydroxyl groups is 2. The third-order valence-corrected chi connectivity index (χ3v) is 17.8. The van der Waals surface area contributed by atoms with E-state index >= 15 is 0 Å². The minimum absolute atomic E-state index is 0.0350. The Kier molecular flexibility index (Phi) is 35.3. The van der Waals surface area contributed by atoms with Crippen LogP contribution in [-0.2, 0) is 59.8 Å². The first-order chi connectivity index (χ1) is 49.8. The molecule has 21 heteroatoms. The molecule has 0 aliphatic carbocycles. The maximum atomic E-state index is 11.3. The van der Waals surface area contributed by atoms with Gasteiger partial charge in [0, 0.05) is 26.3 Å². The lowest BCUT2D eigenvalue weighted by Crippen LogP contribution is -2.10. The van der Waals surface area contributed by atoms with Gasteiger partial charge in [-0.1, -0.05) is 121 Å². The quantitative estimate of drug-likeness (QED) is 0.0152. The highest BCUT2D eigenvalue weighted by molar-refractivity contribution is 9.10. The summed E-state index contributed by atoms with van der Waals surface area (Å²) in [5, 5.41) is 60.6. The maximum Gasteiger partial charge on any atom is 0.338 e. The number of hydrogen-bond acceptors (Lipinski definition) is 15. The fraction of sp³-hybridized carbons (Fsp3) is 0.193. The molecule has 9 N–H and O–H groups in total. The molecule has 0 heterocycles. The predicted octanol–water partition coefficient (Wildman–Crippen LogP) is 17.4. The number of nitrogens with zero attached hydrogens (tertiary/aromatic N) is 2. The van der Waals surface area contributed by atoms with Crippen molar-refractivity contribution in [1.29, 1.82) is 21.3 Å². The molecule has 0 aliphatic heterocycles. The lowest BCUT2D eigenvalue weighted by Gasteiger charge is -2.12. The van der Waals surface area contributed by atoms with Crippen LogP contribution >= 0.6 is 47.8 Å². The Bertz CT molecular complexity index is 4540. The molecule has 538 valence electrons. The number of nitrogens with one attached hydrogen (secondary N) is 2. The summed E-state index contributed by atoms with van der Waals surface area (Å²) >= 11 is 10.1. The van der Waals surface area contributed by atoms with Crippen molar-refractivity contribution in [3.63, 3.8) is 0 Å². The number of aliphatic hydroxyl groups excluding tert-OH is 2. The SMILES string of the molecule is COC(=O)c1ccc(C)c(C(=O)OC)c1.Cc1ccc(C(=O)O)cc1Br.Cc1ccc(CBr)cc1CBr.Cc1ccc(CO)cc1CO.Cc1ccc(COc2ccc(C#N)cc2)cc1COc1ccc(C#N)cc1.Cc1ccc(COc2ccc(C(=N)N)cc2)cc1COc1ccc(C(=N)N)cc1. The van der Waals surface area contributed by atoms with Gasteiger partial charge in [-0.2, -0.15) is 10.5 Å². The number of carboxylic acids is 1. The number of carbonyl (C=O) groups excluding carboxylic acids is 2. The zero-order valence-corrected chi connectivity index (χ0v) is 63.7. The van der Waals surface area contributed by atoms with Gasteiger partial charge in [0.15, 0.2) is 0 Å². The molecule has 10 aromatic carbocycles. The Hall–Kier alpha value is -10.9. The highest BCUT2D eigenvalue weighted by atomic mass is 79.9. The number of hydrogen-bond donors (Lipinski definition) is 7. The smallest absolute Gasteiger partial charge is 0.338 e. The van der Waals surface area contributed by atoms with Crippen molar-refractivity contribution < 1.29 is 58.1 Å². The Morgan fingerprint density at radius 1 is 0.404 bits per heavy atom. The van der Waals surface area contributed by atoms with Crippen LogP contribution in [0.3, 0.4) is 0 Å². The maximum absolute atomic E-state index is 11.3. The van der Waals surface area contributed by atoms with Crippen molar-refractivity contribution in [3.05, 3.63) is 328 Å². The number of benzene rings is 10. The summed E-state index contributed by atoms with van der Waals surface area (Å²) in [5.74, 6) is 1.15. The molecule has 18 nitrogen and oxygen atoms in total. The van der Waals surface area contributed by atoms with E-state index in [1.165, 1.54) is 37.0 Å². The Labute approximate surface area is 632 Å². The summed E-state index contributed by atoms with van der Waals surface area (Å²) in [6.07, 6.45) is 0. The molecule has 0 amide bonds. The molecule has 0 spiro atoms. The normalized spacial score (nSPS) is 9.99. The number of nitriles is 2. The van der Waals surface area contributed by atoms with Crippen LogP contribution in [0.15, 0.2) is 211 Å². The first-order valence-electron chi connectivity index (χ1n) is 32.2. The van der Waals surface area contributed by atoms with Gasteiger partial charge in [-0.15, -0.1) is 0 Å². The second-order valence-electron chi connectivity index (χ2n) is 23.2. The van der Waals surface area contributed by atoms with Gasteiger partial charge in [-0.3, -0.25) is 10.8 Å². The molecule has 104 heavy (non-hydrogen) atoms. The van der Waals surface area contributed by atoms with Crippen molar-refractivity contribution in [3.8, 4) is 35.1 Å². The number of alkyl halides is 2. The molecule has 0 saturated heterocycles. The van der Waals surface area contributed by atoms with E-state index in [1.807, 2.05) is 70.2 Å². The molecule has 0 radical (unpaired) electrons. The Morgan fingerprint density at radius 3 is 1.14 bits per heavy atom. The molecule has 10 rings (SSSR count). The number of halogens is 3. The van der Waals surface area contributed by atoms with Gasteiger partial charge in [0.25, 0.3) is 0 Å². The summed E-state index contributed by atoms with van der Waals surface area (Å²) in [4.78, 5) is 33.0. The molecule has 0 aliphatic rings. The fourth-order valence-corrected chi connectivity index (χ4v) is 10.5. The van der Waals surface area contributed by atoms with Crippen LogP contribution in [-0.4, -0.2) is 59.1 Å². The van der Waals surface area contributed by atoms with E-state index < -0.39 is 17.9 Å². The standard InChI is InChI=1S/C23H24N4O2.C23H18N2O2.C11H12O4.C9H10Br2.C9H12O2.C8H7BrO2/c1-15-2-3-16(13-28-20-8-4-17(5-9-20)22(24)25)12-19(15)14-29-21-10-6-18(7-11-21)23(26)27;1-17-2-3-20(15-26-22-8-4-18(13-24)5-9-22)12-21(17)16-27-23-10-6-19(14-25)7-11-23;1-7-4-5-8(10(12)14-2)6-9(7)11(13)15-3;2*1-7-2-3-8(5-10)4-9(7)6-11;1-5-2-3-6(8(10)11)4-7(5)9/h2-12H,13-14H2,1H3,(H3,24,25)(H3,26,27);2-12H,15-16H2,1H3;4-6H,1-3H3;2-4H,5-6H2,1H3;2-4,10-11H,5-6H2,1H3;2-4H,1H3,(H,10,11). The summed E-state index contributed by atoms with van der Waals surface area (Å²) in [5.41, 5.74) is 29.7. The number of aromatic carboxylic acids is 1. The van der Waals surface area contributed by atoms with E-state index in [9.17, 15) is 14.4 Å². The molecular formula is C83H83Br3N6O12. The number of carbonyl (C=O) groups is 3. The predicted molar refractivity (Wildman–Crippen MR) is 416 cm³/mol. The van der Waals surface area contributed by atoms with E-state index in [0.29, 0.717) is 65.4 Å². The summed E-state index contributed by atoms with van der Waals surface area (Å²) < 4.78 is 33.3. The van der Waals surface area contributed by atoms with Gasteiger partial charge in [-0.25, -0.2) is 14.4 Å². The number of rotatable bonds is 21. The lowest BCUT2D eigenvalue weighted by atomic mass is 10.1. The van der Waals surface area contributed by atoms with Gasteiger partial charge in [0.2, 0.25) is 0 Å². The topological polar surface area (TPSA) is 315 Å².